The zero-order valence-corrected chi connectivity index (χ0v) is 11.9. The summed E-state index contributed by atoms with van der Waals surface area (Å²) in [5.74, 6) is -0.681. The smallest absolute Gasteiger partial charge is 0.323 e. The van der Waals surface area contributed by atoms with E-state index in [1.807, 2.05) is 23.1 Å². The van der Waals surface area contributed by atoms with E-state index in [1.54, 1.807) is 11.9 Å². The molecule has 20 heavy (non-hydrogen) atoms. The molecule has 1 N–H and O–H groups in total. The highest BCUT2D eigenvalue weighted by atomic mass is 16.4. The number of benzene rings is 1. The summed E-state index contributed by atoms with van der Waals surface area (Å²) in [7, 11) is 1.76. The number of hydrogen-bond donors (Lipinski definition) is 1. The molecule has 0 bridgehead atoms. The van der Waals surface area contributed by atoms with E-state index in [9.17, 15) is 9.59 Å². The van der Waals surface area contributed by atoms with Crippen LogP contribution >= 0.6 is 0 Å². The number of rotatable bonds is 5. The summed E-state index contributed by atoms with van der Waals surface area (Å²) in [4.78, 5) is 26.2. The third-order valence-electron chi connectivity index (χ3n) is 3.52. The Labute approximate surface area is 118 Å². The largest absolute Gasteiger partial charge is 0.480 e. The molecule has 1 aliphatic heterocycles. The number of likely N-dealkylation sites (N-methyl/N-ethyl adjacent to an activating group) is 1. The molecule has 1 aliphatic rings. The quantitative estimate of drug-likeness (QED) is 0.892. The molecule has 5 nitrogen and oxygen atoms in total. The number of carbonyl (C=O) groups excluding carboxylic acids is 1. The van der Waals surface area contributed by atoms with Crippen molar-refractivity contribution < 1.29 is 14.7 Å². The van der Waals surface area contributed by atoms with Crippen LogP contribution in [-0.4, -0.2) is 37.1 Å². The third kappa shape index (κ3) is 2.92. The van der Waals surface area contributed by atoms with Crippen molar-refractivity contribution in [1.29, 1.82) is 0 Å². The predicted molar refractivity (Wildman–Crippen MR) is 78.3 cm³/mol. The molecule has 5 heteroatoms. The van der Waals surface area contributed by atoms with Crippen molar-refractivity contribution in [2.75, 3.05) is 29.9 Å². The average Bonchev–Trinajstić information content (AvgIpc) is 2.41. The molecule has 0 unspecified atom stereocenters. The minimum Gasteiger partial charge on any atom is -0.480 e. The number of aliphatic carboxylic acids is 1. The van der Waals surface area contributed by atoms with Crippen LogP contribution in [0.15, 0.2) is 18.2 Å². The molecule has 1 aromatic carbocycles. The Bertz CT molecular complexity index is 528. The summed E-state index contributed by atoms with van der Waals surface area (Å²) in [5.41, 5.74) is 2.96. The van der Waals surface area contributed by atoms with Gasteiger partial charge >= 0.3 is 5.97 Å². The normalized spacial score (nSPS) is 14.1. The van der Waals surface area contributed by atoms with Crippen LogP contribution in [0.3, 0.4) is 0 Å². The van der Waals surface area contributed by atoms with Crippen LogP contribution in [-0.2, 0) is 16.0 Å². The summed E-state index contributed by atoms with van der Waals surface area (Å²) in [6.07, 6.45) is 2.17. The molecule has 1 amide bonds. The fourth-order valence-corrected chi connectivity index (χ4v) is 2.55. The Kier molecular flexibility index (Phi) is 4.27. The fraction of sp³-hybridized carbons (Fsp3) is 0.467. The van der Waals surface area contributed by atoms with Gasteiger partial charge in [-0.25, -0.2) is 0 Å². The first-order chi connectivity index (χ1) is 9.52. The molecule has 108 valence electrons. The summed E-state index contributed by atoms with van der Waals surface area (Å²) in [6, 6.07) is 5.80. The van der Waals surface area contributed by atoms with Crippen molar-refractivity contribution in [1.82, 2.24) is 0 Å². The second-order valence-electron chi connectivity index (χ2n) is 5.11. The molecular weight excluding hydrogens is 256 g/mol. The number of anilines is 2. The van der Waals surface area contributed by atoms with E-state index in [-0.39, 0.29) is 12.5 Å². The van der Waals surface area contributed by atoms with Gasteiger partial charge in [0.15, 0.2) is 0 Å². The molecule has 0 fully saturated rings. The highest BCUT2D eigenvalue weighted by Gasteiger charge is 2.23. The monoisotopic (exact) mass is 276 g/mol. The topological polar surface area (TPSA) is 60.9 Å². The SMILES string of the molecule is CCCN1C(=O)CCc2cc(N(C)CC(=O)O)ccc21. The van der Waals surface area contributed by atoms with E-state index < -0.39 is 5.97 Å². The van der Waals surface area contributed by atoms with Crippen LogP contribution in [0.1, 0.15) is 25.3 Å². The van der Waals surface area contributed by atoms with Gasteiger partial charge < -0.3 is 14.9 Å². The summed E-state index contributed by atoms with van der Waals surface area (Å²) in [5, 5.41) is 8.84. The van der Waals surface area contributed by atoms with Crippen LogP contribution in [0, 0.1) is 0 Å². The lowest BCUT2D eigenvalue weighted by Gasteiger charge is -2.30. The van der Waals surface area contributed by atoms with Gasteiger partial charge in [-0.1, -0.05) is 6.92 Å². The summed E-state index contributed by atoms with van der Waals surface area (Å²) < 4.78 is 0. The maximum absolute atomic E-state index is 11.9. The highest BCUT2D eigenvalue weighted by Crippen LogP contribution is 2.31. The van der Waals surface area contributed by atoms with Crippen molar-refractivity contribution in [3.05, 3.63) is 23.8 Å². The number of carboxylic acids is 1. The van der Waals surface area contributed by atoms with Gasteiger partial charge in [-0.3, -0.25) is 9.59 Å². The molecule has 0 saturated heterocycles. The Morgan fingerprint density at radius 2 is 2.15 bits per heavy atom. The van der Waals surface area contributed by atoms with Crippen molar-refractivity contribution in [3.8, 4) is 0 Å². The zero-order chi connectivity index (χ0) is 14.7. The van der Waals surface area contributed by atoms with E-state index in [0.717, 1.165) is 36.3 Å². The van der Waals surface area contributed by atoms with Gasteiger partial charge in [-0.2, -0.15) is 0 Å². The highest BCUT2D eigenvalue weighted by molar-refractivity contribution is 5.96. The first-order valence-electron chi connectivity index (χ1n) is 6.89. The lowest BCUT2D eigenvalue weighted by Crippen LogP contribution is -2.35. The van der Waals surface area contributed by atoms with Crippen LogP contribution < -0.4 is 9.80 Å². The van der Waals surface area contributed by atoms with Gasteiger partial charge in [0, 0.05) is 31.4 Å². The zero-order valence-electron chi connectivity index (χ0n) is 11.9. The molecule has 0 aliphatic carbocycles. The van der Waals surface area contributed by atoms with E-state index in [4.69, 9.17) is 5.11 Å². The molecular formula is C15H20N2O3. The first kappa shape index (κ1) is 14.4. The number of nitrogens with zero attached hydrogens (tertiary/aromatic N) is 2. The van der Waals surface area contributed by atoms with Crippen molar-refractivity contribution in [2.24, 2.45) is 0 Å². The van der Waals surface area contributed by atoms with Crippen molar-refractivity contribution in [3.63, 3.8) is 0 Å². The Morgan fingerprint density at radius 3 is 2.80 bits per heavy atom. The van der Waals surface area contributed by atoms with E-state index >= 15 is 0 Å². The van der Waals surface area contributed by atoms with Crippen LogP contribution in [0.5, 0.6) is 0 Å². The second-order valence-corrected chi connectivity index (χ2v) is 5.11. The van der Waals surface area contributed by atoms with Gasteiger partial charge in [0.1, 0.15) is 6.54 Å². The Hall–Kier alpha value is -2.04. The summed E-state index contributed by atoms with van der Waals surface area (Å²) >= 11 is 0. The molecule has 1 heterocycles. The number of hydrogen-bond acceptors (Lipinski definition) is 3. The molecule has 0 aromatic heterocycles. The molecule has 0 radical (unpaired) electrons. The molecule has 2 rings (SSSR count). The van der Waals surface area contributed by atoms with Gasteiger partial charge in [0.2, 0.25) is 5.91 Å². The van der Waals surface area contributed by atoms with Gasteiger partial charge in [-0.15, -0.1) is 0 Å². The fourth-order valence-electron chi connectivity index (χ4n) is 2.55. The lowest BCUT2D eigenvalue weighted by molar-refractivity contribution is -0.135. The van der Waals surface area contributed by atoms with Gasteiger partial charge in [0.25, 0.3) is 0 Å². The van der Waals surface area contributed by atoms with Crippen molar-refractivity contribution in [2.45, 2.75) is 26.2 Å². The maximum Gasteiger partial charge on any atom is 0.323 e. The van der Waals surface area contributed by atoms with E-state index in [0.29, 0.717) is 6.42 Å². The lowest BCUT2D eigenvalue weighted by atomic mass is 10.00. The molecule has 0 spiro atoms. The van der Waals surface area contributed by atoms with Gasteiger partial charge in [-0.05, 0) is 36.6 Å². The summed E-state index contributed by atoms with van der Waals surface area (Å²) in [6.45, 7) is 2.75. The van der Waals surface area contributed by atoms with Crippen LogP contribution in [0.25, 0.3) is 0 Å². The Balaban J connectivity index is 2.27. The number of aryl methyl sites for hydroxylation is 1. The standard InChI is InChI=1S/C15H20N2O3/c1-3-8-17-13-6-5-12(16(2)10-15(19)20)9-11(13)4-7-14(17)18/h5-6,9H,3-4,7-8,10H2,1-2H3,(H,19,20). The maximum atomic E-state index is 11.9. The minimum atomic E-state index is -0.854. The first-order valence-corrected chi connectivity index (χ1v) is 6.89. The average molecular weight is 276 g/mol. The van der Waals surface area contributed by atoms with Gasteiger partial charge in [0.05, 0.1) is 0 Å². The number of fused-ring (bicyclic) bond motifs is 1. The number of amides is 1. The number of carbonyl (C=O) groups is 2. The second kappa shape index (κ2) is 5.94. The Morgan fingerprint density at radius 1 is 1.40 bits per heavy atom. The molecule has 0 atom stereocenters. The van der Waals surface area contributed by atoms with Crippen molar-refractivity contribution >= 4 is 23.3 Å². The third-order valence-corrected chi connectivity index (χ3v) is 3.52. The minimum absolute atomic E-state index is 0.0314. The van der Waals surface area contributed by atoms with E-state index in [1.165, 1.54) is 0 Å². The molecule has 1 aromatic rings. The van der Waals surface area contributed by atoms with Crippen LogP contribution in [0.2, 0.25) is 0 Å². The predicted octanol–water partition coefficient (Wildman–Crippen LogP) is 1.90. The molecule has 0 saturated carbocycles. The number of carboxylic acid groups (broad SMARTS) is 1. The van der Waals surface area contributed by atoms with Crippen LogP contribution in [0.4, 0.5) is 11.4 Å². The van der Waals surface area contributed by atoms with E-state index in [2.05, 4.69) is 6.92 Å².